The molecule has 4 nitrogen and oxygen atoms in total. The van der Waals surface area contributed by atoms with Gasteiger partial charge in [-0.15, -0.1) is 0 Å². The summed E-state index contributed by atoms with van der Waals surface area (Å²) >= 11 is 0. The van der Waals surface area contributed by atoms with Crippen molar-refractivity contribution < 1.29 is 10.2 Å². The van der Waals surface area contributed by atoms with Gasteiger partial charge in [0.25, 0.3) is 0 Å². The minimum atomic E-state index is -0.479. The molecule has 4 heteroatoms. The fraction of sp³-hybridized carbons (Fsp3) is 0.524. The molecule has 134 valence electrons. The lowest BCUT2D eigenvalue weighted by molar-refractivity contribution is 0.119. The summed E-state index contributed by atoms with van der Waals surface area (Å²) in [6, 6.07) is 6.90. The van der Waals surface area contributed by atoms with E-state index < -0.39 is 6.10 Å². The molecule has 2 fully saturated rings. The topological polar surface area (TPSA) is 46.9 Å². The maximum Gasteiger partial charge on any atom is 0.115 e. The Labute approximate surface area is 150 Å². The average molecular weight is 340 g/mol. The minimum absolute atomic E-state index is 0.245. The molecule has 1 aromatic carbocycles. The number of likely N-dealkylation sites (tertiary alicyclic amines) is 2. The van der Waals surface area contributed by atoms with Crippen LogP contribution in [0.1, 0.15) is 24.5 Å². The van der Waals surface area contributed by atoms with Crippen LogP contribution < -0.4 is 0 Å². The van der Waals surface area contributed by atoms with Crippen molar-refractivity contribution in [3.8, 4) is 5.75 Å². The van der Waals surface area contributed by atoms with Crippen LogP contribution in [0.4, 0.5) is 0 Å². The Bertz CT molecular complexity index is 638. The zero-order valence-electron chi connectivity index (χ0n) is 14.7. The molecule has 25 heavy (non-hydrogen) atoms. The summed E-state index contributed by atoms with van der Waals surface area (Å²) in [6.07, 6.45) is 8.86. The second-order valence-electron chi connectivity index (χ2n) is 7.80. The molecule has 3 aliphatic rings. The van der Waals surface area contributed by atoms with Crippen LogP contribution in [0.2, 0.25) is 0 Å². The number of rotatable bonds is 5. The molecular weight excluding hydrogens is 312 g/mol. The van der Waals surface area contributed by atoms with E-state index in [1.165, 1.54) is 31.5 Å². The Hall–Kier alpha value is -1.62. The lowest BCUT2D eigenvalue weighted by atomic mass is 10.0. The van der Waals surface area contributed by atoms with Gasteiger partial charge in [-0.3, -0.25) is 9.80 Å². The van der Waals surface area contributed by atoms with Crippen LogP contribution in [0.3, 0.4) is 0 Å². The van der Waals surface area contributed by atoms with E-state index in [1.54, 1.807) is 12.1 Å². The number of phenolic OH excluding ortho intramolecular Hbond substituents is 1. The van der Waals surface area contributed by atoms with Gasteiger partial charge in [-0.25, -0.2) is 0 Å². The first-order valence-electron chi connectivity index (χ1n) is 9.44. The van der Waals surface area contributed by atoms with Crippen molar-refractivity contribution in [3.63, 3.8) is 0 Å². The summed E-state index contributed by atoms with van der Waals surface area (Å²) in [7, 11) is 0. The number of nitrogens with zero attached hydrogens (tertiary/aromatic N) is 2. The summed E-state index contributed by atoms with van der Waals surface area (Å²) in [4.78, 5) is 5.01. The van der Waals surface area contributed by atoms with Gasteiger partial charge in [0, 0.05) is 39.3 Å². The zero-order valence-corrected chi connectivity index (χ0v) is 14.7. The van der Waals surface area contributed by atoms with Gasteiger partial charge in [0.15, 0.2) is 0 Å². The molecule has 0 saturated carbocycles. The maximum absolute atomic E-state index is 10.5. The molecule has 0 spiro atoms. The molecule has 0 bridgehead atoms. The number of hydrogen-bond acceptors (Lipinski definition) is 4. The summed E-state index contributed by atoms with van der Waals surface area (Å²) in [5.41, 5.74) is 2.36. The van der Waals surface area contributed by atoms with E-state index in [0.29, 0.717) is 6.54 Å². The van der Waals surface area contributed by atoms with Crippen LogP contribution >= 0.6 is 0 Å². The van der Waals surface area contributed by atoms with E-state index in [4.69, 9.17) is 0 Å². The quantitative estimate of drug-likeness (QED) is 0.865. The van der Waals surface area contributed by atoms with Gasteiger partial charge in [0.2, 0.25) is 0 Å². The van der Waals surface area contributed by atoms with Crippen LogP contribution in [0.5, 0.6) is 5.75 Å². The first kappa shape index (κ1) is 16.8. The highest BCUT2D eigenvalue weighted by Crippen LogP contribution is 2.32. The van der Waals surface area contributed by atoms with Gasteiger partial charge >= 0.3 is 0 Å². The highest BCUT2D eigenvalue weighted by molar-refractivity contribution is 5.27. The summed E-state index contributed by atoms with van der Waals surface area (Å²) < 4.78 is 0. The van der Waals surface area contributed by atoms with E-state index in [2.05, 4.69) is 28.0 Å². The number of benzene rings is 1. The van der Waals surface area contributed by atoms with E-state index in [9.17, 15) is 10.2 Å². The normalized spacial score (nSPS) is 28.1. The lowest BCUT2D eigenvalue weighted by Gasteiger charge is -2.24. The van der Waals surface area contributed by atoms with Crippen LogP contribution in [0, 0.1) is 11.8 Å². The van der Waals surface area contributed by atoms with E-state index in [-0.39, 0.29) is 5.75 Å². The van der Waals surface area contributed by atoms with Crippen LogP contribution in [0.25, 0.3) is 0 Å². The number of allylic oxidation sites excluding steroid dienone is 2. The van der Waals surface area contributed by atoms with Gasteiger partial charge in [-0.05, 0) is 47.9 Å². The SMILES string of the molecule is Oc1ccc(C(O)CN2C[C@H]3CN(CC4=CCCC=C4)C[C@H]3C2)cc1. The van der Waals surface area contributed by atoms with Gasteiger partial charge < -0.3 is 10.2 Å². The Morgan fingerprint density at radius 3 is 2.28 bits per heavy atom. The van der Waals surface area contributed by atoms with Gasteiger partial charge in [-0.2, -0.15) is 0 Å². The Morgan fingerprint density at radius 2 is 1.64 bits per heavy atom. The van der Waals surface area contributed by atoms with Crippen LogP contribution in [-0.4, -0.2) is 59.3 Å². The summed E-state index contributed by atoms with van der Waals surface area (Å²) in [5, 5.41) is 19.8. The average Bonchev–Trinajstić information content (AvgIpc) is 3.14. The molecule has 2 aliphatic heterocycles. The molecule has 1 unspecified atom stereocenters. The molecule has 1 aromatic rings. The van der Waals surface area contributed by atoms with Crippen LogP contribution in [0.15, 0.2) is 48.1 Å². The monoisotopic (exact) mass is 340 g/mol. The second kappa shape index (κ2) is 7.32. The largest absolute Gasteiger partial charge is 0.508 e. The molecule has 2 saturated heterocycles. The van der Waals surface area contributed by atoms with Crippen LogP contribution in [-0.2, 0) is 0 Å². The number of aromatic hydroxyl groups is 1. The van der Waals surface area contributed by atoms with Crippen molar-refractivity contribution >= 4 is 0 Å². The first-order valence-corrected chi connectivity index (χ1v) is 9.44. The number of aliphatic hydroxyl groups is 1. The molecule has 0 radical (unpaired) electrons. The third-order valence-corrected chi connectivity index (χ3v) is 5.82. The zero-order chi connectivity index (χ0) is 17.2. The Balaban J connectivity index is 1.27. The minimum Gasteiger partial charge on any atom is -0.508 e. The molecular formula is C21H28N2O2. The van der Waals surface area contributed by atoms with E-state index in [0.717, 1.165) is 37.0 Å². The van der Waals surface area contributed by atoms with Crippen molar-refractivity contribution in [2.45, 2.75) is 18.9 Å². The molecule has 2 heterocycles. The smallest absolute Gasteiger partial charge is 0.115 e. The standard InChI is InChI=1S/C21H28N2O2/c24-20-8-6-17(7-9-20)21(25)15-23-13-18-11-22(12-19(18)14-23)10-16-4-2-1-3-5-16/h2,4-9,18-19,21,24-25H,1,3,10-15H2/t18-,19+,21?. The van der Waals surface area contributed by atoms with Gasteiger partial charge in [0.1, 0.15) is 5.75 Å². The van der Waals surface area contributed by atoms with Gasteiger partial charge in [0.05, 0.1) is 6.10 Å². The van der Waals surface area contributed by atoms with Crippen molar-refractivity contribution in [1.82, 2.24) is 9.80 Å². The fourth-order valence-electron chi connectivity index (χ4n) is 4.56. The van der Waals surface area contributed by atoms with Crippen molar-refractivity contribution in [1.29, 1.82) is 0 Å². The van der Waals surface area contributed by atoms with E-state index >= 15 is 0 Å². The number of hydrogen-bond donors (Lipinski definition) is 2. The predicted octanol–water partition coefficient (Wildman–Crippen LogP) is 2.57. The second-order valence-corrected chi connectivity index (χ2v) is 7.80. The predicted molar refractivity (Wildman–Crippen MR) is 99.4 cm³/mol. The van der Waals surface area contributed by atoms with Crippen molar-refractivity contribution in [2.24, 2.45) is 11.8 Å². The first-order chi connectivity index (χ1) is 12.2. The number of phenols is 1. The molecule has 2 N–H and O–H groups in total. The van der Waals surface area contributed by atoms with Crippen molar-refractivity contribution in [2.75, 3.05) is 39.3 Å². The number of β-amino-alcohol motifs (C(OH)–C–C–N with tert-alkyl or cyclic N) is 1. The molecule has 4 rings (SSSR count). The third-order valence-electron chi connectivity index (χ3n) is 5.82. The highest BCUT2D eigenvalue weighted by Gasteiger charge is 2.40. The highest BCUT2D eigenvalue weighted by atomic mass is 16.3. The fourth-order valence-corrected chi connectivity index (χ4v) is 4.56. The third kappa shape index (κ3) is 3.97. The summed E-state index contributed by atoms with van der Waals surface area (Å²) in [6.45, 7) is 6.32. The van der Waals surface area contributed by atoms with Crippen molar-refractivity contribution in [3.05, 3.63) is 53.6 Å². The number of fused-ring (bicyclic) bond motifs is 1. The maximum atomic E-state index is 10.5. The number of aliphatic hydroxyl groups excluding tert-OH is 1. The molecule has 1 aliphatic carbocycles. The molecule has 0 aromatic heterocycles. The van der Waals surface area contributed by atoms with E-state index in [1.807, 2.05) is 12.1 Å². The Morgan fingerprint density at radius 1 is 0.960 bits per heavy atom. The lowest BCUT2D eigenvalue weighted by Crippen LogP contribution is -2.32. The summed E-state index contributed by atoms with van der Waals surface area (Å²) in [5.74, 6) is 1.72. The Kier molecular flexibility index (Phi) is 4.93. The van der Waals surface area contributed by atoms with Gasteiger partial charge in [-0.1, -0.05) is 30.4 Å². The molecule has 3 atom stereocenters. The molecule has 0 amide bonds.